The Morgan fingerprint density at radius 2 is 0.815 bits per heavy atom. The highest BCUT2D eigenvalue weighted by Gasteiger charge is 2.19. The number of pyridine rings is 2. The van der Waals surface area contributed by atoms with Gasteiger partial charge in [0.05, 0.1) is 28.1 Å². The maximum Gasteiger partial charge on any atom is 0.160 e. The van der Waals surface area contributed by atoms with E-state index >= 15 is 0 Å². The summed E-state index contributed by atoms with van der Waals surface area (Å²) >= 11 is 0. The van der Waals surface area contributed by atoms with Crippen molar-refractivity contribution in [2.45, 2.75) is 26.2 Å². The molecule has 0 atom stereocenters. The van der Waals surface area contributed by atoms with Gasteiger partial charge < -0.3 is 0 Å². The zero-order valence-corrected chi connectivity index (χ0v) is 30.5. The lowest BCUT2D eigenvalue weighted by atomic mass is 9.91. The van der Waals surface area contributed by atoms with Crippen LogP contribution < -0.4 is 0 Å². The molecule has 6 aromatic carbocycles. The minimum atomic E-state index is -0.0748. The van der Waals surface area contributed by atoms with Crippen molar-refractivity contribution in [2.75, 3.05) is 0 Å². The van der Waals surface area contributed by atoms with Gasteiger partial charge in [-0.2, -0.15) is 0 Å². The van der Waals surface area contributed by atoms with Crippen LogP contribution in [-0.2, 0) is 5.41 Å². The number of fused-ring (bicyclic) bond motifs is 3. The Hall–Kier alpha value is -6.78. The molecule has 9 aromatic rings. The Bertz CT molecular complexity index is 2700. The lowest BCUT2D eigenvalue weighted by Gasteiger charge is -2.19. The lowest BCUT2D eigenvalue weighted by molar-refractivity contribution is 0.571. The Kier molecular flexibility index (Phi) is 8.36. The Labute approximate surface area is 315 Å². The summed E-state index contributed by atoms with van der Waals surface area (Å²) in [5, 5.41) is 2.19. The first kappa shape index (κ1) is 33.1. The molecule has 0 N–H and O–H groups in total. The van der Waals surface area contributed by atoms with Crippen LogP contribution in [0.25, 0.3) is 89.2 Å². The summed E-state index contributed by atoms with van der Waals surface area (Å²) in [7, 11) is 0. The number of hydrogen-bond acceptors (Lipinski definition) is 4. The molecule has 0 aliphatic heterocycles. The van der Waals surface area contributed by atoms with Crippen molar-refractivity contribution in [3.8, 4) is 67.4 Å². The quantitative estimate of drug-likeness (QED) is 0.163. The fourth-order valence-corrected chi connectivity index (χ4v) is 7.03. The predicted octanol–water partition coefficient (Wildman–Crippen LogP) is 12.9. The van der Waals surface area contributed by atoms with Crippen molar-refractivity contribution < 1.29 is 0 Å². The van der Waals surface area contributed by atoms with E-state index in [2.05, 4.69) is 160 Å². The van der Waals surface area contributed by atoms with E-state index in [0.717, 1.165) is 89.1 Å². The molecule has 0 bridgehead atoms. The summed E-state index contributed by atoms with van der Waals surface area (Å²) in [6, 6.07) is 61.3. The predicted molar refractivity (Wildman–Crippen MR) is 224 cm³/mol. The normalized spacial score (nSPS) is 11.6. The van der Waals surface area contributed by atoms with Gasteiger partial charge in [-0.25, -0.2) is 19.9 Å². The van der Waals surface area contributed by atoms with Gasteiger partial charge in [-0.1, -0.05) is 178 Å². The SMILES string of the molecule is CC(C)(C)c1ccc2ccc3c(-c4ccccc4)cc(-c4ccc(-c5ccc(-c6nc(-c7ccccc7)cc(-c7ccccc7)n6)cc5)cc4)nc3c2n1. The summed E-state index contributed by atoms with van der Waals surface area (Å²) in [5.41, 5.74) is 14.2. The highest BCUT2D eigenvalue weighted by atomic mass is 14.9. The standard InChI is InChI=1S/C50H38N4/c1-50(2,3)46-30-28-39-27-29-41-42(35-13-7-4-8-14-35)31-43(51-48(41)47(39)54-46)38-23-19-33(20-24-38)34-21-25-40(26-22-34)49-52-44(36-15-9-5-10-16-36)32-45(53-49)37-17-11-6-12-18-37/h4-32H,1-3H3. The van der Waals surface area contributed by atoms with E-state index in [1.165, 1.54) is 0 Å². The van der Waals surface area contributed by atoms with Crippen LogP contribution in [0.2, 0.25) is 0 Å². The van der Waals surface area contributed by atoms with Crippen molar-refractivity contribution in [1.82, 2.24) is 19.9 Å². The number of rotatable bonds is 6. The van der Waals surface area contributed by atoms with Gasteiger partial charge in [0.25, 0.3) is 0 Å². The summed E-state index contributed by atoms with van der Waals surface area (Å²) in [5.74, 6) is 0.699. The molecular formula is C50H38N4. The molecular weight excluding hydrogens is 657 g/mol. The maximum absolute atomic E-state index is 5.31. The van der Waals surface area contributed by atoms with Crippen LogP contribution in [0.4, 0.5) is 0 Å². The van der Waals surface area contributed by atoms with Gasteiger partial charge >= 0.3 is 0 Å². The molecule has 0 aliphatic carbocycles. The van der Waals surface area contributed by atoms with Crippen LogP contribution in [-0.4, -0.2) is 19.9 Å². The van der Waals surface area contributed by atoms with Gasteiger partial charge in [0.15, 0.2) is 5.82 Å². The molecule has 0 spiro atoms. The van der Waals surface area contributed by atoms with Crippen molar-refractivity contribution >= 4 is 21.8 Å². The van der Waals surface area contributed by atoms with E-state index in [1.54, 1.807) is 0 Å². The van der Waals surface area contributed by atoms with Crippen LogP contribution in [0, 0.1) is 0 Å². The summed E-state index contributed by atoms with van der Waals surface area (Å²) in [6.45, 7) is 6.61. The van der Waals surface area contributed by atoms with Gasteiger partial charge in [-0.05, 0) is 40.5 Å². The Balaban J connectivity index is 1.08. The first-order valence-electron chi connectivity index (χ1n) is 18.4. The molecule has 0 fully saturated rings. The first-order chi connectivity index (χ1) is 26.4. The second kappa shape index (κ2) is 13.6. The highest BCUT2D eigenvalue weighted by molar-refractivity contribution is 6.09. The molecule has 4 nitrogen and oxygen atoms in total. The average molecular weight is 695 g/mol. The molecule has 0 radical (unpaired) electrons. The van der Waals surface area contributed by atoms with Crippen LogP contribution in [0.1, 0.15) is 26.5 Å². The Morgan fingerprint density at radius 3 is 1.37 bits per heavy atom. The molecule has 3 heterocycles. The summed E-state index contributed by atoms with van der Waals surface area (Å²) in [4.78, 5) is 20.5. The van der Waals surface area contributed by atoms with E-state index in [4.69, 9.17) is 19.9 Å². The molecule has 0 saturated heterocycles. The average Bonchev–Trinajstić information content (AvgIpc) is 3.23. The van der Waals surface area contributed by atoms with E-state index in [0.29, 0.717) is 5.82 Å². The summed E-state index contributed by atoms with van der Waals surface area (Å²) in [6.07, 6.45) is 0. The maximum atomic E-state index is 5.31. The van der Waals surface area contributed by atoms with E-state index < -0.39 is 0 Å². The Morgan fingerprint density at radius 1 is 0.352 bits per heavy atom. The van der Waals surface area contributed by atoms with Crippen LogP contribution in [0.3, 0.4) is 0 Å². The zero-order valence-electron chi connectivity index (χ0n) is 30.5. The first-order valence-corrected chi connectivity index (χ1v) is 18.4. The van der Waals surface area contributed by atoms with E-state index in [9.17, 15) is 0 Å². The summed E-state index contributed by atoms with van der Waals surface area (Å²) < 4.78 is 0. The molecule has 0 aliphatic rings. The fourth-order valence-electron chi connectivity index (χ4n) is 7.03. The molecule has 4 heteroatoms. The molecule has 9 rings (SSSR count). The smallest absolute Gasteiger partial charge is 0.160 e. The third-order valence-electron chi connectivity index (χ3n) is 10.0. The number of aromatic nitrogens is 4. The zero-order chi connectivity index (χ0) is 36.6. The van der Waals surface area contributed by atoms with Crippen LogP contribution >= 0.6 is 0 Å². The molecule has 3 aromatic heterocycles. The van der Waals surface area contributed by atoms with Gasteiger partial charge in [0.1, 0.15) is 0 Å². The second-order valence-electron chi connectivity index (χ2n) is 14.7. The monoisotopic (exact) mass is 694 g/mol. The minimum Gasteiger partial charge on any atom is -0.250 e. The van der Waals surface area contributed by atoms with Crippen molar-refractivity contribution in [3.05, 3.63) is 182 Å². The van der Waals surface area contributed by atoms with Gasteiger partial charge in [-0.15, -0.1) is 0 Å². The highest BCUT2D eigenvalue weighted by Crippen LogP contribution is 2.37. The van der Waals surface area contributed by atoms with Crippen molar-refractivity contribution in [3.63, 3.8) is 0 Å². The number of nitrogens with zero attached hydrogens (tertiary/aromatic N) is 4. The van der Waals surface area contributed by atoms with E-state index in [-0.39, 0.29) is 5.41 Å². The topological polar surface area (TPSA) is 51.6 Å². The van der Waals surface area contributed by atoms with Crippen molar-refractivity contribution in [1.29, 1.82) is 0 Å². The second-order valence-corrected chi connectivity index (χ2v) is 14.7. The molecule has 258 valence electrons. The largest absolute Gasteiger partial charge is 0.250 e. The third-order valence-corrected chi connectivity index (χ3v) is 10.0. The lowest BCUT2D eigenvalue weighted by Crippen LogP contribution is -2.13. The third kappa shape index (κ3) is 6.44. The molecule has 0 saturated carbocycles. The van der Waals surface area contributed by atoms with Crippen LogP contribution in [0.15, 0.2) is 176 Å². The fraction of sp³-hybridized carbons (Fsp3) is 0.0800. The van der Waals surface area contributed by atoms with Crippen LogP contribution in [0.5, 0.6) is 0 Å². The van der Waals surface area contributed by atoms with E-state index in [1.807, 2.05) is 36.4 Å². The van der Waals surface area contributed by atoms with Gasteiger partial charge in [0.2, 0.25) is 0 Å². The van der Waals surface area contributed by atoms with Gasteiger partial charge in [-0.3, -0.25) is 0 Å². The molecule has 0 unspecified atom stereocenters. The molecule has 0 amide bonds. The number of benzene rings is 6. The van der Waals surface area contributed by atoms with Crippen molar-refractivity contribution in [2.24, 2.45) is 0 Å². The minimum absolute atomic E-state index is 0.0748. The van der Waals surface area contributed by atoms with Gasteiger partial charge in [0, 0.05) is 44.1 Å². The number of hydrogen-bond donors (Lipinski definition) is 0. The molecule has 54 heavy (non-hydrogen) atoms.